The van der Waals surface area contributed by atoms with Gasteiger partial charge in [-0.05, 0) is 30.9 Å². The smallest absolute Gasteiger partial charge is 0.169 e. The van der Waals surface area contributed by atoms with Crippen LogP contribution in [0, 0.1) is 0 Å². The minimum absolute atomic E-state index is 0.412. The summed E-state index contributed by atoms with van der Waals surface area (Å²) in [5.41, 5.74) is 6.61. The average Bonchev–Trinajstić information content (AvgIpc) is 2.83. The third kappa shape index (κ3) is 2.65. The van der Waals surface area contributed by atoms with Crippen LogP contribution in [-0.4, -0.2) is 23.9 Å². The van der Waals surface area contributed by atoms with Crippen LogP contribution in [0.3, 0.4) is 0 Å². The Morgan fingerprint density at radius 2 is 1.61 bits per heavy atom. The van der Waals surface area contributed by atoms with Gasteiger partial charge in [-0.1, -0.05) is 5.16 Å². The number of aromatic nitrogens is 1. The molecule has 1 aromatic carbocycles. The molecule has 0 aliphatic heterocycles. The Kier molecular flexibility index (Phi) is 4.53. The largest absolute Gasteiger partial charge is 0.381 e. The monoisotopic (exact) mass is 298 g/mol. The zero-order valence-electron chi connectivity index (χ0n) is 10.4. The molecule has 0 bridgehead atoms. The summed E-state index contributed by atoms with van der Waals surface area (Å²) < 4.78 is 5.22. The number of thioether (sulfide) groups is 3. The zero-order chi connectivity index (χ0) is 13.1. The molecule has 1 heterocycles. The zero-order valence-corrected chi connectivity index (χ0v) is 12.8. The van der Waals surface area contributed by atoms with Crippen LogP contribution in [0.1, 0.15) is 0 Å². The molecule has 0 aliphatic carbocycles. The van der Waals surface area contributed by atoms with Crippen LogP contribution in [0.25, 0.3) is 11.3 Å². The predicted octanol–water partition coefficient (Wildman–Crippen LogP) is 4.09. The molecule has 18 heavy (non-hydrogen) atoms. The van der Waals surface area contributed by atoms with Crippen molar-refractivity contribution in [1.29, 1.82) is 0 Å². The molecule has 0 saturated heterocycles. The van der Waals surface area contributed by atoms with E-state index >= 15 is 0 Å². The summed E-state index contributed by atoms with van der Waals surface area (Å²) in [6, 6.07) is 5.99. The van der Waals surface area contributed by atoms with Crippen molar-refractivity contribution in [2.75, 3.05) is 24.5 Å². The number of hydrogen-bond acceptors (Lipinski definition) is 6. The van der Waals surface area contributed by atoms with E-state index in [0.717, 1.165) is 5.56 Å². The highest BCUT2D eigenvalue weighted by molar-refractivity contribution is 8.03. The molecule has 2 aromatic rings. The minimum Gasteiger partial charge on any atom is -0.381 e. The lowest BCUT2D eigenvalue weighted by Gasteiger charge is -2.11. The van der Waals surface area contributed by atoms with Gasteiger partial charge in [0.05, 0.1) is 0 Å². The van der Waals surface area contributed by atoms with Crippen LogP contribution in [0.2, 0.25) is 0 Å². The van der Waals surface area contributed by atoms with E-state index in [1.165, 1.54) is 14.7 Å². The highest BCUT2D eigenvalue weighted by Gasteiger charge is 2.13. The Bertz CT molecular complexity index is 529. The second-order valence-corrected chi connectivity index (χ2v) is 6.04. The van der Waals surface area contributed by atoms with E-state index in [1.807, 2.05) is 0 Å². The molecule has 1 aromatic heterocycles. The maximum Gasteiger partial charge on any atom is 0.169 e. The van der Waals surface area contributed by atoms with Gasteiger partial charge >= 0.3 is 0 Å². The number of benzene rings is 1. The fourth-order valence-corrected chi connectivity index (χ4v) is 4.31. The van der Waals surface area contributed by atoms with Crippen LogP contribution >= 0.6 is 35.3 Å². The van der Waals surface area contributed by atoms with Gasteiger partial charge < -0.3 is 10.3 Å². The SMILES string of the molecule is CSc1cc(-c2cc(N)no2)cc(SC)c1SC. The van der Waals surface area contributed by atoms with Crippen LogP contribution in [-0.2, 0) is 0 Å². The molecule has 0 spiro atoms. The van der Waals surface area contributed by atoms with Crippen molar-refractivity contribution in [2.24, 2.45) is 0 Å². The van der Waals surface area contributed by atoms with Gasteiger partial charge in [0.25, 0.3) is 0 Å². The van der Waals surface area contributed by atoms with E-state index in [0.29, 0.717) is 11.6 Å². The standard InChI is InChI=1S/C12H14N2OS3/c1-16-9-4-7(8-6-11(13)14-15-8)5-10(17-2)12(9)18-3/h4-6H,1-3H3,(H2,13,14). The topological polar surface area (TPSA) is 52.0 Å². The highest BCUT2D eigenvalue weighted by atomic mass is 32.2. The second kappa shape index (κ2) is 5.95. The molecule has 96 valence electrons. The lowest BCUT2D eigenvalue weighted by atomic mass is 10.2. The van der Waals surface area contributed by atoms with Crippen molar-refractivity contribution in [1.82, 2.24) is 5.16 Å². The van der Waals surface area contributed by atoms with Crippen LogP contribution < -0.4 is 5.73 Å². The van der Waals surface area contributed by atoms with Gasteiger partial charge in [-0.25, -0.2) is 0 Å². The van der Waals surface area contributed by atoms with Crippen molar-refractivity contribution < 1.29 is 4.52 Å². The fourth-order valence-electron chi connectivity index (χ4n) is 1.65. The summed E-state index contributed by atoms with van der Waals surface area (Å²) in [7, 11) is 0. The van der Waals surface area contributed by atoms with Crippen molar-refractivity contribution in [3.8, 4) is 11.3 Å². The first-order valence-electron chi connectivity index (χ1n) is 5.22. The molecule has 0 atom stereocenters. The number of rotatable bonds is 4. The number of anilines is 1. The third-order valence-electron chi connectivity index (χ3n) is 2.48. The van der Waals surface area contributed by atoms with Gasteiger partial charge in [0.1, 0.15) is 0 Å². The molecule has 0 amide bonds. The van der Waals surface area contributed by atoms with E-state index in [1.54, 1.807) is 41.4 Å². The maximum atomic E-state index is 5.59. The normalized spacial score (nSPS) is 10.8. The highest BCUT2D eigenvalue weighted by Crippen LogP contribution is 2.39. The molecule has 0 radical (unpaired) electrons. The first kappa shape index (κ1) is 13.7. The van der Waals surface area contributed by atoms with Crippen molar-refractivity contribution in [3.63, 3.8) is 0 Å². The summed E-state index contributed by atoms with van der Waals surface area (Å²) in [5.74, 6) is 1.13. The van der Waals surface area contributed by atoms with Gasteiger partial charge in [0.15, 0.2) is 11.6 Å². The fraction of sp³-hybridized carbons (Fsp3) is 0.250. The molecule has 2 rings (SSSR count). The molecule has 3 nitrogen and oxygen atoms in total. The first-order valence-corrected chi connectivity index (χ1v) is 8.89. The molecular formula is C12H14N2OS3. The van der Waals surface area contributed by atoms with E-state index in [9.17, 15) is 0 Å². The third-order valence-corrected chi connectivity index (χ3v) is 5.11. The molecule has 2 N–H and O–H groups in total. The second-order valence-electron chi connectivity index (χ2n) is 3.53. The summed E-state index contributed by atoms with van der Waals surface area (Å²) in [4.78, 5) is 3.81. The molecule has 0 fully saturated rings. The Balaban J connectivity index is 2.56. The van der Waals surface area contributed by atoms with E-state index in [2.05, 4.69) is 36.1 Å². The van der Waals surface area contributed by atoms with Crippen LogP contribution in [0.5, 0.6) is 0 Å². The Morgan fingerprint density at radius 1 is 1.00 bits per heavy atom. The minimum atomic E-state index is 0.412. The lowest BCUT2D eigenvalue weighted by molar-refractivity contribution is 0.435. The summed E-state index contributed by atoms with van der Waals surface area (Å²) in [6.45, 7) is 0. The van der Waals surface area contributed by atoms with Crippen LogP contribution in [0.15, 0.2) is 37.4 Å². The Morgan fingerprint density at radius 3 is 2.00 bits per heavy atom. The number of nitrogen functional groups attached to an aromatic ring is 1. The van der Waals surface area contributed by atoms with Gasteiger partial charge in [-0.15, -0.1) is 35.3 Å². The van der Waals surface area contributed by atoms with Gasteiger partial charge in [0.2, 0.25) is 0 Å². The molecular weight excluding hydrogens is 284 g/mol. The first-order chi connectivity index (χ1) is 8.69. The molecule has 6 heteroatoms. The molecule has 0 unspecified atom stereocenters. The Labute approximate surface area is 119 Å². The predicted molar refractivity (Wildman–Crippen MR) is 81.7 cm³/mol. The average molecular weight is 298 g/mol. The van der Waals surface area contributed by atoms with Gasteiger partial charge in [0, 0.05) is 26.3 Å². The van der Waals surface area contributed by atoms with E-state index in [4.69, 9.17) is 10.3 Å². The van der Waals surface area contributed by atoms with Gasteiger partial charge in [-0.2, -0.15) is 0 Å². The van der Waals surface area contributed by atoms with Crippen molar-refractivity contribution in [2.45, 2.75) is 14.7 Å². The van der Waals surface area contributed by atoms with Crippen molar-refractivity contribution >= 4 is 41.1 Å². The van der Waals surface area contributed by atoms with Crippen LogP contribution in [0.4, 0.5) is 5.82 Å². The molecule has 0 saturated carbocycles. The maximum absolute atomic E-state index is 5.59. The number of nitrogens with two attached hydrogens (primary N) is 1. The summed E-state index contributed by atoms with van der Waals surface area (Å²) >= 11 is 5.24. The van der Waals surface area contributed by atoms with E-state index in [-0.39, 0.29) is 0 Å². The van der Waals surface area contributed by atoms with E-state index < -0.39 is 0 Å². The summed E-state index contributed by atoms with van der Waals surface area (Å²) in [5, 5.41) is 3.73. The number of nitrogens with zero attached hydrogens (tertiary/aromatic N) is 1. The Hall–Kier alpha value is -0.720. The van der Waals surface area contributed by atoms with Gasteiger partial charge in [-0.3, -0.25) is 0 Å². The quantitative estimate of drug-likeness (QED) is 0.858. The molecule has 0 aliphatic rings. The summed E-state index contributed by atoms with van der Waals surface area (Å²) in [6.07, 6.45) is 6.26. The van der Waals surface area contributed by atoms with Crippen molar-refractivity contribution in [3.05, 3.63) is 18.2 Å². The number of hydrogen-bond donors (Lipinski definition) is 1. The lowest BCUT2D eigenvalue weighted by Crippen LogP contribution is -1.85.